The van der Waals surface area contributed by atoms with Crippen LogP contribution in [0.25, 0.3) is 0 Å². The van der Waals surface area contributed by atoms with E-state index in [0.29, 0.717) is 12.0 Å². The van der Waals surface area contributed by atoms with Gasteiger partial charge in [-0.3, -0.25) is 4.90 Å². The van der Waals surface area contributed by atoms with Gasteiger partial charge in [0, 0.05) is 18.2 Å². The number of hydrogen-bond donors (Lipinski definition) is 0. The number of rotatable bonds is 3. The van der Waals surface area contributed by atoms with Gasteiger partial charge in [-0.1, -0.05) is 20.3 Å². The van der Waals surface area contributed by atoms with Crippen LogP contribution in [-0.2, 0) is 13.0 Å². The van der Waals surface area contributed by atoms with Gasteiger partial charge in [-0.25, -0.2) is 0 Å². The summed E-state index contributed by atoms with van der Waals surface area (Å²) in [5.41, 5.74) is 4.30. The molecule has 0 radical (unpaired) electrons. The van der Waals surface area contributed by atoms with Crippen LogP contribution in [0.3, 0.4) is 0 Å². The first kappa shape index (κ1) is 14.7. The minimum absolute atomic E-state index is 0.514. The molecule has 3 heteroatoms. The van der Waals surface area contributed by atoms with E-state index in [4.69, 9.17) is 9.47 Å². The molecule has 0 spiro atoms. The Bertz CT molecular complexity index is 524. The van der Waals surface area contributed by atoms with Gasteiger partial charge in [0.25, 0.3) is 0 Å². The van der Waals surface area contributed by atoms with E-state index < -0.39 is 0 Å². The van der Waals surface area contributed by atoms with E-state index in [0.717, 1.165) is 24.5 Å². The number of benzene rings is 1. The average molecular weight is 289 g/mol. The molecule has 1 saturated heterocycles. The maximum atomic E-state index is 5.71. The van der Waals surface area contributed by atoms with Gasteiger partial charge in [0.15, 0.2) is 11.5 Å². The Morgan fingerprint density at radius 1 is 1.14 bits per heavy atom. The average Bonchev–Trinajstić information content (AvgIpc) is 2.51. The van der Waals surface area contributed by atoms with E-state index in [2.05, 4.69) is 24.8 Å². The third kappa shape index (κ3) is 2.52. The molecule has 3 rings (SSSR count). The lowest BCUT2D eigenvalue weighted by Gasteiger charge is -2.41. The van der Waals surface area contributed by atoms with Crippen molar-refractivity contribution in [3.63, 3.8) is 0 Å². The van der Waals surface area contributed by atoms with Gasteiger partial charge in [0.1, 0.15) is 0 Å². The second kappa shape index (κ2) is 5.88. The van der Waals surface area contributed by atoms with Crippen molar-refractivity contribution in [1.29, 1.82) is 0 Å². The molecule has 1 aromatic rings. The zero-order valence-electron chi connectivity index (χ0n) is 13.7. The van der Waals surface area contributed by atoms with Crippen LogP contribution >= 0.6 is 0 Å². The van der Waals surface area contributed by atoms with Gasteiger partial charge in [0.2, 0.25) is 0 Å². The van der Waals surface area contributed by atoms with Crippen molar-refractivity contribution in [1.82, 2.24) is 4.90 Å². The number of methoxy groups -OCH3 is 2. The number of ether oxygens (including phenoxy) is 2. The van der Waals surface area contributed by atoms with Crippen LogP contribution in [0.5, 0.6) is 11.5 Å². The molecule has 116 valence electrons. The van der Waals surface area contributed by atoms with Crippen LogP contribution < -0.4 is 9.47 Å². The second-order valence-corrected chi connectivity index (χ2v) is 6.64. The lowest BCUT2D eigenvalue weighted by atomic mass is 9.83. The molecule has 2 aliphatic heterocycles. The quantitative estimate of drug-likeness (QED) is 0.846. The highest BCUT2D eigenvalue weighted by molar-refractivity contribution is 5.56. The van der Waals surface area contributed by atoms with E-state index >= 15 is 0 Å². The van der Waals surface area contributed by atoms with Crippen LogP contribution in [0.1, 0.15) is 55.7 Å². The molecule has 0 saturated carbocycles. The summed E-state index contributed by atoms with van der Waals surface area (Å²) >= 11 is 0. The van der Waals surface area contributed by atoms with E-state index in [1.54, 1.807) is 14.2 Å². The third-order valence-corrected chi connectivity index (χ3v) is 5.09. The maximum absolute atomic E-state index is 5.71. The fourth-order valence-electron chi connectivity index (χ4n) is 3.99. The summed E-state index contributed by atoms with van der Waals surface area (Å²) in [4.78, 5) is 2.67. The number of fused-ring (bicyclic) bond motifs is 2. The number of nitrogens with zero attached hydrogens (tertiary/aromatic N) is 1. The number of hydrogen-bond acceptors (Lipinski definition) is 3. The molecule has 2 heterocycles. The molecule has 1 aromatic carbocycles. The summed E-state index contributed by atoms with van der Waals surface area (Å²) in [5, 5.41) is 0. The van der Waals surface area contributed by atoms with Crippen molar-refractivity contribution in [3.05, 3.63) is 22.8 Å². The molecular formula is C18H27NO2. The monoisotopic (exact) mass is 289 g/mol. The van der Waals surface area contributed by atoms with Crippen LogP contribution in [0.4, 0.5) is 0 Å². The Morgan fingerprint density at radius 3 is 2.62 bits per heavy atom. The lowest BCUT2D eigenvalue weighted by molar-refractivity contribution is 0.125. The minimum atomic E-state index is 0.514. The molecule has 0 bridgehead atoms. The highest BCUT2D eigenvalue weighted by Crippen LogP contribution is 2.43. The standard InChI is InChI=1S/C18H27NO2/c1-12(2)14-10-17(20-3)18(21-4)15-9-13-7-5-6-8-19(13)11-16(14)15/h10,12-13H,5-9,11H2,1-4H3. The predicted molar refractivity (Wildman–Crippen MR) is 85.4 cm³/mol. The fourth-order valence-corrected chi connectivity index (χ4v) is 3.99. The summed E-state index contributed by atoms with van der Waals surface area (Å²) in [6, 6.07) is 2.87. The largest absolute Gasteiger partial charge is 0.493 e. The van der Waals surface area contributed by atoms with Crippen LogP contribution in [0, 0.1) is 0 Å². The van der Waals surface area contributed by atoms with Crippen LogP contribution in [0.15, 0.2) is 6.07 Å². The Labute approximate surface area is 128 Å². The molecule has 1 unspecified atom stereocenters. The topological polar surface area (TPSA) is 21.7 Å². The molecule has 2 aliphatic rings. The Balaban J connectivity index is 2.11. The summed E-state index contributed by atoms with van der Waals surface area (Å²) in [5.74, 6) is 2.37. The van der Waals surface area contributed by atoms with Crippen molar-refractivity contribution in [3.8, 4) is 11.5 Å². The van der Waals surface area contributed by atoms with Gasteiger partial charge in [-0.2, -0.15) is 0 Å². The molecule has 0 aliphatic carbocycles. The highest BCUT2D eigenvalue weighted by atomic mass is 16.5. The Hall–Kier alpha value is -1.22. The molecule has 0 amide bonds. The molecule has 1 fully saturated rings. The van der Waals surface area contributed by atoms with E-state index in [1.165, 1.54) is 42.5 Å². The molecule has 0 N–H and O–H groups in total. The summed E-state index contributed by atoms with van der Waals surface area (Å²) in [6.07, 6.45) is 5.13. The maximum Gasteiger partial charge on any atom is 0.164 e. The summed E-state index contributed by atoms with van der Waals surface area (Å²) in [7, 11) is 3.50. The third-order valence-electron chi connectivity index (χ3n) is 5.09. The van der Waals surface area contributed by atoms with E-state index in [1.807, 2.05) is 0 Å². The Kier molecular flexibility index (Phi) is 4.12. The zero-order chi connectivity index (χ0) is 15.0. The first-order valence-corrected chi connectivity index (χ1v) is 8.16. The fraction of sp³-hybridized carbons (Fsp3) is 0.667. The van der Waals surface area contributed by atoms with Crippen molar-refractivity contribution in [2.75, 3.05) is 20.8 Å². The molecule has 1 atom stereocenters. The zero-order valence-corrected chi connectivity index (χ0v) is 13.7. The van der Waals surface area contributed by atoms with Crippen molar-refractivity contribution in [2.24, 2.45) is 0 Å². The molecule has 21 heavy (non-hydrogen) atoms. The van der Waals surface area contributed by atoms with Gasteiger partial charge in [-0.05, 0) is 48.9 Å². The SMILES string of the molecule is COc1cc(C(C)C)c2c(c1OC)CC1CCCCN1C2. The molecule has 3 nitrogen and oxygen atoms in total. The van der Waals surface area contributed by atoms with Gasteiger partial charge >= 0.3 is 0 Å². The van der Waals surface area contributed by atoms with E-state index in [9.17, 15) is 0 Å². The second-order valence-electron chi connectivity index (χ2n) is 6.64. The van der Waals surface area contributed by atoms with Gasteiger partial charge in [-0.15, -0.1) is 0 Å². The van der Waals surface area contributed by atoms with E-state index in [-0.39, 0.29) is 0 Å². The highest BCUT2D eigenvalue weighted by Gasteiger charge is 2.33. The van der Waals surface area contributed by atoms with Crippen molar-refractivity contribution >= 4 is 0 Å². The summed E-state index contributed by atoms with van der Waals surface area (Å²) in [6.45, 7) is 6.86. The smallest absolute Gasteiger partial charge is 0.164 e. The molecule has 0 aromatic heterocycles. The summed E-state index contributed by atoms with van der Waals surface area (Å²) < 4.78 is 11.3. The van der Waals surface area contributed by atoms with Crippen molar-refractivity contribution < 1.29 is 9.47 Å². The van der Waals surface area contributed by atoms with Gasteiger partial charge in [0.05, 0.1) is 14.2 Å². The van der Waals surface area contributed by atoms with Gasteiger partial charge < -0.3 is 9.47 Å². The lowest BCUT2D eigenvalue weighted by Crippen LogP contribution is -2.44. The Morgan fingerprint density at radius 2 is 1.95 bits per heavy atom. The number of piperidine rings is 1. The minimum Gasteiger partial charge on any atom is -0.493 e. The van der Waals surface area contributed by atoms with Crippen LogP contribution in [0.2, 0.25) is 0 Å². The first-order valence-electron chi connectivity index (χ1n) is 8.16. The van der Waals surface area contributed by atoms with Crippen LogP contribution in [-0.4, -0.2) is 31.7 Å². The predicted octanol–water partition coefficient (Wildman–Crippen LogP) is 3.74. The molecular weight excluding hydrogens is 262 g/mol. The normalized spacial score (nSPS) is 21.9. The van der Waals surface area contributed by atoms with Crippen molar-refractivity contribution in [2.45, 2.75) is 58.0 Å². The first-order chi connectivity index (χ1) is 10.2.